The zero-order chi connectivity index (χ0) is 17.7. The van der Waals surface area contributed by atoms with Crippen molar-refractivity contribution < 1.29 is 19.4 Å². The average Bonchev–Trinajstić information content (AvgIpc) is 2.54. The molecule has 0 spiro atoms. The molecule has 5 nitrogen and oxygen atoms in total. The Morgan fingerprint density at radius 3 is 2.67 bits per heavy atom. The fourth-order valence-corrected chi connectivity index (χ4v) is 3.11. The molecule has 2 rings (SSSR count). The van der Waals surface area contributed by atoms with Gasteiger partial charge in [0.2, 0.25) is 5.91 Å². The fraction of sp³-hybridized carbons (Fsp3) is 0.579. The second kappa shape index (κ2) is 8.18. The Kier molecular flexibility index (Phi) is 6.23. The summed E-state index contributed by atoms with van der Waals surface area (Å²) in [5.74, 6) is -0.169. The van der Waals surface area contributed by atoms with Crippen molar-refractivity contribution in [1.82, 2.24) is 4.90 Å². The van der Waals surface area contributed by atoms with Gasteiger partial charge in [-0.05, 0) is 55.9 Å². The molecule has 1 saturated heterocycles. The Morgan fingerprint density at radius 2 is 2.00 bits per heavy atom. The first-order valence-electron chi connectivity index (χ1n) is 8.57. The number of hydrogen-bond acceptors (Lipinski definition) is 3. The van der Waals surface area contributed by atoms with Gasteiger partial charge in [-0.2, -0.15) is 0 Å². The largest absolute Gasteiger partial charge is 0.494 e. The third-order valence-corrected chi connectivity index (χ3v) is 4.64. The number of aryl methyl sites for hydroxylation is 2. The molecule has 1 amide bonds. The first kappa shape index (κ1) is 18.3. The summed E-state index contributed by atoms with van der Waals surface area (Å²) in [6.07, 6.45) is 1.67. The maximum atomic E-state index is 12.3. The molecule has 0 aliphatic carbocycles. The molecule has 1 heterocycles. The van der Waals surface area contributed by atoms with Gasteiger partial charge in [0.1, 0.15) is 5.75 Å². The normalized spacial score (nSPS) is 20.7. The Balaban J connectivity index is 1.76. The minimum Gasteiger partial charge on any atom is -0.494 e. The Labute approximate surface area is 143 Å². The summed E-state index contributed by atoms with van der Waals surface area (Å²) in [6, 6.07) is 5.96. The summed E-state index contributed by atoms with van der Waals surface area (Å²) in [7, 11) is 0. The molecule has 1 aliphatic rings. The van der Waals surface area contributed by atoms with Crippen LogP contribution < -0.4 is 4.74 Å². The second-order valence-electron chi connectivity index (χ2n) is 6.87. The van der Waals surface area contributed by atoms with Crippen LogP contribution in [0, 0.1) is 25.7 Å². The van der Waals surface area contributed by atoms with Crippen molar-refractivity contribution in [3.05, 3.63) is 29.3 Å². The number of likely N-dealkylation sites (tertiary alicyclic amines) is 1. The molecule has 0 saturated carbocycles. The molecule has 5 heteroatoms. The number of ether oxygens (including phenoxy) is 1. The number of hydrogen-bond donors (Lipinski definition) is 1. The van der Waals surface area contributed by atoms with Gasteiger partial charge in [-0.25, -0.2) is 0 Å². The average molecular weight is 333 g/mol. The number of nitrogens with zero attached hydrogens (tertiary/aromatic N) is 1. The Morgan fingerprint density at radius 1 is 1.25 bits per heavy atom. The van der Waals surface area contributed by atoms with Crippen molar-refractivity contribution in [1.29, 1.82) is 0 Å². The van der Waals surface area contributed by atoms with Crippen LogP contribution in [-0.2, 0) is 9.59 Å². The molecule has 132 valence electrons. The molecule has 1 N–H and O–H groups in total. The van der Waals surface area contributed by atoms with E-state index in [1.54, 1.807) is 4.90 Å². The van der Waals surface area contributed by atoms with E-state index >= 15 is 0 Å². The van der Waals surface area contributed by atoms with Crippen LogP contribution in [0.15, 0.2) is 18.2 Å². The van der Waals surface area contributed by atoms with Crippen LogP contribution in [-0.4, -0.2) is 41.6 Å². The lowest BCUT2D eigenvalue weighted by atomic mass is 9.90. The van der Waals surface area contributed by atoms with E-state index in [4.69, 9.17) is 4.74 Å². The lowest BCUT2D eigenvalue weighted by molar-refractivity contribution is -0.147. The van der Waals surface area contributed by atoms with Gasteiger partial charge in [0.05, 0.1) is 12.5 Å². The minimum atomic E-state index is -0.808. The van der Waals surface area contributed by atoms with Crippen molar-refractivity contribution in [3.63, 3.8) is 0 Å². The van der Waals surface area contributed by atoms with E-state index in [9.17, 15) is 14.7 Å². The van der Waals surface area contributed by atoms with Crippen LogP contribution in [0.4, 0.5) is 0 Å². The molecule has 1 aromatic carbocycles. The monoisotopic (exact) mass is 333 g/mol. The van der Waals surface area contributed by atoms with Crippen molar-refractivity contribution in [2.24, 2.45) is 11.8 Å². The van der Waals surface area contributed by atoms with Gasteiger partial charge in [-0.15, -0.1) is 0 Å². The van der Waals surface area contributed by atoms with Gasteiger partial charge in [0, 0.05) is 19.5 Å². The fourth-order valence-electron chi connectivity index (χ4n) is 3.11. The Bertz CT molecular complexity index is 599. The highest BCUT2D eigenvalue weighted by molar-refractivity contribution is 5.78. The van der Waals surface area contributed by atoms with Gasteiger partial charge in [0.25, 0.3) is 0 Å². The molecule has 0 bridgehead atoms. The number of rotatable bonds is 6. The predicted octanol–water partition coefficient (Wildman–Crippen LogP) is 3.03. The van der Waals surface area contributed by atoms with Crippen molar-refractivity contribution in [3.8, 4) is 5.75 Å². The van der Waals surface area contributed by atoms with E-state index < -0.39 is 11.9 Å². The van der Waals surface area contributed by atoms with E-state index in [0.717, 1.165) is 5.75 Å². The first-order chi connectivity index (χ1) is 11.4. The highest BCUT2D eigenvalue weighted by atomic mass is 16.5. The molecule has 1 aromatic rings. The number of benzene rings is 1. The van der Waals surface area contributed by atoms with E-state index in [2.05, 4.69) is 6.92 Å². The molecule has 24 heavy (non-hydrogen) atoms. The summed E-state index contributed by atoms with van der Waals surface area (Å²) in [6.45, 7) is 7.57. The summed E-state index contributed by atoms with van der Waals surface area (Å²) in [4.78, 5) is 25.2. The highest BCUT2D eigenvalue weighted by Crippen LogP contribution is 2.22. The zero-order valence-electron chi connectivity index (χ0n) is 14.7. The third-order valence-electron chi connectivity index (χ3n) is 4.64. The molecular formula is C19H27NO4. The SMILES string of the molecule is Cc1ccc(OCCCC(=O)N2CC(C)CC(C(=O)O)C2)cc1C. The third kappa shape index (κ3) is 4.98. The first-order valence-corrected chi connectivity index (χ1v) is 8.57. The van der Waals surface area contributed by atoms with Gasteiger partial charge >= 0.3 is 5.97 Å². The van der Waals surface area contributed by atoms with Crippen LogP contribution >= 0.6 is 0 Å². The molecular weight excluding hydrogens is 306 g/mol. The summed E-state index contributed by atoms with van der Waals surface area (Å²) < 4.78 is 5.70. The van der Waals surface area contributed by atoms with Crippen molar-refractivity contribution in [2.45, 2.75) is 40.0 Å². The lowest BCUT2D eigenvalue weighted by Crippen LogP contribution is -2.45. The van der Waals surface area contributed by atoms with Crippen LogP contribution in [0.5, 0.6) is 5.75 Å². The predicted molar refractivity (Wildman–Crippen MR) is 92.1 cm³/mol. The maximum Gasteiger partial charge on any atom is 0.308 e. The van der Waals surface area contributed by atoms with E-state index in [-0.39, 0.29) is 11.8 Å². The molecule has 0 radical (unpaired) electrons. The van der Waals surface area contributed by atoms with Crippen LogP contribution in [0.2, 0.25) is 0 Å². The molecule has 2 atom stereocenters. The molecule has 1 aliphatic heterocycles. The lowest BCUT2D eigenvalue weighted by Gasteiger charge is -2.34. The quantitative estimate of drug-likeness (QED) is 0.813. The van der Waals surface area contributed by atoms with Crippen molar-refractivity contribution in [2.75, 3.05) is 19.7 Å². The van der Waals surface area contributed by atoms with Gasteiger partial charge in [0.15, 0.2) is 0 Å². The van der Waals surface area contributed by atoms with E-state index in [0.29, 0.717) is 39.0 Å². The number of carbonyl (C=O) groups is 2. The molecule has 0 aromatic heterocycles. The number of carboxylic acids is 1. The number of aliphatic carboxylic acids is 1. The van der Waals surface area contributed by atoms with E-state index in [1.807, 2.05) is 32.0 Å². The molecule has 1 fully saturated rings. The van der Waals surface area contributed by atoms with Gasteiger partial charge in [-0.3, -0.25) is 9.59 Å². The van der Waals surface area contributed by atoms with Gasteiger partial charge in [-0.1, -0.05) is 13.0 Å². The number of carbonyl (C=O) groups excluding carboxylic acids is 1. The maximum absolute atomic E-state index is 12.3. The Hall–Kier alpha value is -2.04. The highest BCUT2D eigenvalue weighted by Gasteiger charge is 2.31. The minimum absolute atomic E-state index is 0.0245. The van der Waals surface area contributed by atoms with E-state index in [1.165, 1.54) is 11.1 Å². The number of amides is 1. The smallest absolute Gasteiger partial charge is 0.308 e. The van der Waals surface area contributed by atoms with Crippen LogP contribution in [0.1, 0.15) is 37.3 Å². The van der Waals surface area contributed by atoms with Crippen LogP contribution in [0.3, 0.4) is 0 Å². The second-order valence-corrected chi connectivity index (χ2v) is 6.87. The topological polar surface area (TPSA) is 66.8 Å². The zero-order valence-corrected chi connectivity index (χ0v) is 14.7. The summed E-state index contributed by atoms with van der Waals surface area (Å²) in [5, 5.41) is 9.18. The molecule has 2 unspecified atom stereocenters. The summed E-state index contributed by atoms with van der Waals surface area (Å²) in [5.41, 5.74) is 2.41. The summed E-state index contributed by atoms with van der Waals surface area (Å²) >= 11 is 0. The number of carboxylic acid groups (broad SMARTS) is 1. The van der Waals surface area contributed by atoms with Crippen LogP contribution in [0.25, 0.3) is 0 Å². The standard InChI is InChI=1S/C19H27NO4/c1-13-9-16(19(22)23)12-20(11-13)18(21)5-4-8-24-17-7-6-14(2)15(3)10-17/h6-7,10,13,16H,4-5,8-9,11-12H2,1-3H3,(H,22,23). The number of piperidine rings is 1. The van der Waals surface area contributed by atoms with Gasteiger partial charge < -0.3 is 14.7 Å². The van der Waals surface area contributed by atoms with Crippen molar-refractivity contribution >= 4 is 11.9 Å².